The Morgan fingerprint density at radius 1 is 0.833 bits per heavy atom. The number of benzene rings is 2. The van der Waals surface area contributed by atoms with Crippen LogP contribution >= 0.6 is 11.6 Å². The number of para-hydroxylation sites is 2. The number of rotatable bonds is 3. The minimum absolute atomic E-state index is 0.465. The molecule has 2 aromatic heterocycles. The SMILES string of the molecule is Clc1ccccc1Oc1nc(-c2cccnc2)nc2ccccc12. The number of halogens is 1. The van der Waals surface area contributed by atoms with Crippen molar-refractivity contribution < 1.29 is 4.74 Å². The van der Waals surface area contributed by atoms with Gasteiger partial charge in [-0.1, -0.05) is 35.9 Å². The Balaban J connectivity index is 1.88. The molecular weight excluding hydrogens is 322 g/mol. The van der Waals surface area contributed by atoms with Crippen LogP contribution in [0.15, 0.2) is 73.1 Å². The van der Waals surface area contributed by atoms with Crippen molar-refractivity contribution >= 4 is 22.5 Å². The first-order valence-electron chi connectivity index (χ1n) is 7.41. The maximum atomic E-state index is 6.20. The average molecular weight is 334 g/mol. The van der Waals surface area contributed by atoms with E-state index in [1.54, 1.807) is 18.5 Å². The molecule has 0 bridgehead atoms. The summed E-state index contributed by atoms with van der Waals surface area (Å²) < 4.78 is 5.98. The van der Waals surface area contributed by atoms with Crippen molar-refractivity contribution in [2.45, 2.75) is 0 Å². The maximum Gasteiger partial charge on any atom is 0.230 e. The molecule has 0 fully saturated rings. The summed E-state index contributed by atoms with van der Waals surface area (Å²) in [7, 11) is 0. The number of nitrogens with zero attached hydrogens (tertiary/aromatic N) is 3. The van der Waals surface area contributed by atoms with E-state index in [1.807, 2.05) is 54.6 Å². The van der Waals surface area contributed by atoms with E-state index in [1.165, 1.54) is 0 Å². The van der Waals surface area contributed by atoms with Gasteiger partial charge in [0.25, 0.3) is 0 Å². The minimum atomic E-state index is 0.465. The third-order valence-electron chi connectivity index (χ3n) is 3.53. The highest BCUT2D eigenvalue weighted by Crippen LogP contribution is 2.33. The van der Waals surface area contributed by atoms with Gasteiger partial charge in [0.1, 0.15) is 5.75 Å². The molecule has 116 valence electrons. The lowest BCUT2D eigenvalue weighted by atomic mass is 10.2. The highest BCUT2D eigenvalue weighted by molar-refractivity contribution is 6.32. The van der Waals surface area contributed by atoms with Crippen molar-refractivity contribution in [1.82, 2.24) is 15.0 Å². The molecule has 0 unspecified atom stereocenters. The predicted octanol–water partition coefficient (Wildman–Crippen LogP) is 5.14. The fourth-order valence-electron chi connectivity index (χ4n) is 2.38. The second kappa shape index (κ2) is 6.26. The fourth-order valence-corrected chi connectivity index (χ4v) is 2.56. The third-order valence-corrected chi connectivity index (χ3v) is 3.84. The van der Waals surface area contributed by atoms with Gasteiger partial charge < -0.3 is 4.74 Å². The molecule has 0 amide bonds. The van der Waals surface area contributed by atoms with Crippen molar-refractivity contribution in [2.24, 2.45) is 0 Å². The van der Waals surface area contributed by atoms with Crippen molar-refractivity contribution in [3.63, 3.8) is 0 Å². The first kappa shape index (κ1) is 14.6. The molecule has 0 aliphatic carbocycles. The lowest BCUT2D eigenvalue weighted by Gasteiger charge is -2.11. The zero-order chi connectivity index (χ0) is 16.4. The van der Waals surface area contributed by atoms with Crippen LogP contribution in [0, 0.1) is 0 Å². The molecule has 0 saturated carbocycles. The molecular formula is C19H12ClN3O. The van der Waals surface area contributed by atoms with Gasteiger partial charge in [-0.15, -0.1) is 0 Å². The molecule has 0 radical (unpaired) electrons. The second-order valence-corrected chi connectivity index (χ2v) is 5.55. The quantitative estimate of drug-likeness (QED) is 0.521. The first-order valence-corrected chi connectivity index (χ1v) is 7.78. The lowest BCUT2D eigenvalue weighted by molar-refractivity contribution is 0.469. The molecule has 4 aromatic rings. The van der Waals surface area contributed by atoms with Crippen molar-refractivity contribution in [1.29, 1.82) is 0 Å². The zero-order valence-electron chi connectivity index (χ0n) is 12.6. The van der Waals surface area contributed by atoms with E-state index in [0.29, 0.717) is 22.5 Å². The van der Waals surface area contributed by atoms with Gasteiger partial charge in [-0.05, 0) is 36.4 Å². The monoisotopic (exact) mass is 333 g/mol. The van der Waals surface area contributed by atoms with Gasteiger partial charge in [0, 0.05) is 18.0 Å². The highest BCUT2D eigenvalue weighted by atomic mass is 35.5. The first-order chi connectivity index (χ1) is 11.8. The molecule has 0 saturated heterocycles. The number of ether oxygens (including phenoxy) is 1. The van der Waals surface area contributed by atoms with Crippen molar-refractivity contribution in [2.75, 3.05) is 0 Å². The molecule has 4 rings (SSSR count). The summed E-state index contributed by atoms with van der Waals surface area (Å²) in [6, 6.07) is 18.8. The van der Waals surface area contributed by atoms with E-state index in [0.717, 1.165) is 16.5 Å². The minimum Gasteiger partial charge on any atom is -0.437 e. The fraction of sp³-hybridized carbons (Fsp3) is 0. The number of hydrogen-bond acceptors (Lipinski definition) is 4. The number of hydrogen-bond donors (Lipinski definition) is 0. The van der Waals surface area contributed by atoms with E-state index in [-0.39, 0.29) is 0 Å². The van der Waals surface area contributed by atoms with E-state index in [4.69, 9.17) is 16.3 Å². The van der Waals surface area contributed by atoms with Gasteiger partial charge >= 0.3 is 0 Å². The summed E-state index contributed by atoms with van der Waals surface area (Å²) in [6.45, 7) is 0. The summed E-state index contributed by atoms with van der Waals surface area (Å²) in [6.07, 6.45) is 3.44. The number of pyridine rings is 1. The Bertz CT molecular complexity index is 1010. The Kier molecular flexibility index (Phi) is 3.81. The van der Waals surface area contributed by atoms with Crippen LogP contribution in [0.2, 0.25) is 5.02 Å². The Hall–Kier alpha value is -2.98. The van der Waals surface area contributed by atoms with Crippen LogP contribution in [0.4, 0.5) is 0 Å². The summed E-state index contributed by atoms with van der Waals surface area (Å²) >= 11 is 6.20. The molecule has 0 aliphatic heterocycles. The van der Waals surface area contributed by atoms with E-state index in [9.17, 15) is 0 Å². The molecule has 0 atom stereocenters. The van der Waals surface area contributed by atoms with Crippen LogP contribution in [0.3, 0.4) is 0 Å². The Labute approximate surface area is 143 Å². The normalized spacial score (nSPS) is 10.7. The molecule has 0 aliphatic rings. The van der Waals surface area contributed by atoms with Crippen LogP contribution in [-0.4, -0.2) is 15.0 Å². The standard InChI is InChI=1S/C19H12ClN3O/c20-15-8-2-4-10-17(15)24-19-14-7-1-3-9-16(14)22-18(23-19)13-6-5-11-21-12-13/h1-12H. The molecule has 0 N–H and O–H groups in total. The third kappa shape index (κ3) is 2.79. The average Bonchev–Trinajstić information content (AvgIpc) is 2.64. The Morgan fingerprint density at radius 3 is 2.50 bits per heavy atom. The largest absolute Gasteiger partial charge is 0.437 e. The molecule has 5 heteroatoms. The van der Waals surface area contributed by atoms with Crippen LogP contribution < -0.4 is 4.74 Å². The van der Waals surface area contributed by atoms with E-state index >= 15 is 0 Å². The molecule has 0 spiro atoms. The van der Waals surface area contributed by atoms with Crippen LogP contribution in [0.5, 0.6) is 11.6 Å². The van der Waals surface area contributed by atoms with Crippen LogP contribution in [-0.2, 0) is 0 Å². The zero-order valence-corrected chi connectivity index (χ0v) is 13.3. The summed E-state index contributed by atoms with van der Waals surface area (Å²) in [5.74, 6) is 1.58. The second-order valence-electron chi connectivity index (χ2n) is 5.14. The van der Waals surface area contributed by atoms with Gasteiger partial charge in [0.15, 0.2) is 5.82 Å². The van der Waals surface area contributed by atoms with Crippen LogP contribution in [0.25, 0.3) is 22.3 Å². The van der Waals surface area contributed by atoms with E-state index in [2.05, 4.69) is 15.0 Å². The smallest absolute Gasteiger partial charge is 0.230 e. The van der Waals surface area contributed by atoms with Gasteiger partial charge in [-0.25, -0.2) is 4.98 Å². The molecule has 2 aromatic carbocycles. The van der Waals surface area contributed by atoms with Gasteiger partial charge in [-0.3, -0.25) is 4.98 Å². The van der Waals surface area contributed by atoms with E-state index < -0.39 is 0 Å². The molecule has 24 heavy (non-hydrogen) atoms. The molecule has 2 heterocycles. The van der Waals surface area contributed by atoms with Crippen molar-refractivity contribution in [3.05, 3.63) is 78.1 Å². The number of fused-ring (bicyclic) bond motifs is 1. The molecule has 4 nitrogen and oxygen atoms in total. The maximum absolute atomic E-state index is 6.20. The van der Waals surface area contributed by atoms with Gasteiger partial charge in [0.2, 0.25) is 5.88 Å². The number of aromatic nitrogens is 3. The summed E-state index contributed by atoms with van der Waals surface area (Å²) in [5.41, 5.74) is 1.63. The highest BCUT2D eigenvalue weighted by Gasteiger charge is 2.12. The summed E-state index contributed by atoms with van der Waals surface area (Å²) in [4.78, 5) is 13.3. The van der Waals surface area contributed by atoms with Crippen molar-refractivity contribution in [3.8, 4) is 23.0 Å². The van der Waals surface area contributed by atoms with Gasteiger partial charge in [0.05, 0.1) is 15.9 Å². The predicted molar refractivity (Wildman–Crippen MR) is 94.3 cm³/mol. The van der Waals surface area contributed by atoms with Crippen LogP contribution in [0.1, 0.15) is 0 Å². The topological polar surface area (TPSA) is 47.9 Å². The Morgan fingerprint density at radius 2 is 1.67 bits per heavy atom. The van der Waals surface area contributed by atoms with Gasteiger partial charge in [-0.2, -0.15) is 4.98 Å². The lowest BCUT2D eigenvalue weighted by Crippen LogP contribution is -1.96. The summed E-state index contributed by atoms with van der Waals surface area (Å²) in [5, 5.41) is 1.35.